The molecule has 0 aliphatic carbocycles. The Bertz CT molecular complexity index is 259. The molecule has 0 aromatic carbocycles. The molecule has 1 saturated heterocycles. The summed E-state index contributed by atoms with van der Waals surface area (Å²) in [7, 11) is 0. The molecule has 0 spiro atoms. The summed E-state index contributed by atoms with van der Waals surface area (Å²) >= 11 is 3.19. The Balaban J connectivity index is 2.52. The van der Waals surface area contributed by atoms with Crippen LogP contribution in [0.3, 0.4) is 0 Å². The first-order valence-corrected chi connectivity index (χ1v) is 5.36. The van der Waals surface area contributed by atoms with E-state index in [1.165, 1.54) is 4.90 Å². The average molecular weight is 264 g/mol. The third-order valence-corrected chi connectivity index (χ3v) is 2.53. The molecular formula is C9H14BrNO3. The first-order chi connectivity index (χ1) is 6.29. The zero-order valence-corrected chi connectivity index (χ0v) is 10.1. The second kappa shape index (κ2) is 3.88. The second-order valence-electron chi connectivity index (χ2n) is 4.29. The van der Waals surface area contributed by atoms with Crippen molar-refractivity contribution in [1.29, 1.82) is 0 Å². The minimum Gasteiger partial charge on any atom is -0.444 e. The highest BCUT2D eigenvalue weighted by molar-refractivity contribution is 9.10. The fraction of sp³-hybridized carbons (Fsp3) is 0.778. The second-order valence-corrected chi connectivity index (χ2v) is 5.40. The molecule has 1 fully saturated rings. The van der Waals surface area contributed by atoms with Crippen molar-refractivity contribution >= 4 is 27.8 Å². The number of carbonyl (C=O) groups excluding carboxylic acids is 2. The van der Waals surface area contributed by atoms with E-state index < -0.39 is 11.7 Å². The van der Waals surface area contributed by atoms with Gasteiger partial charge >= 0.3 is 6.09 Å². The van der Waals surface area contributed by atoms with E-state index in [0.717, 1.165) is 0 Å². The highest BCUT2D eigenvalue weighted by Crippen LogP contribution is 2.17. The predicted molar refractivity (Wildman–Crippen MR) is 55.5 cm³/mol. The van der Waals surface area contributed by atoms with Crippen LogP contribution in [-0.2, 0) is 9.53 Å². The van der Waals surface area contributed by atoms with E-state index in [1.807, 2.05) is 0 Å². The largest absolute Gasteiger partial charge is 0.444 e. The number of amides is 1. The summed E-state index contributed by atoms with van der Waals surface area (Å²) in [6.45, 7) is 5.94. The summed E-state index contributed by atoms with van der Waals surface area (Å²) in [5, 5.41) is 0. The van der Waals surface area contributed by atoms with Gasteiger partial charge in [0.25, 0.3) is 0 Å². The Morgan fingerprint density at radius 2 is 2.14 bits per heavy atom. The molecular weight excluding hydrogens is 250 g/mol. The van der Waals surface area contributed by atoms with Crippen molar-refractivity contribution in [2.45, 2.75) is 31.2 Å². The lowest BCUT2D eigenvalue weighted by molar-refractivity contribution is -0.116. The van der Waals surface area contributed by atoms with Crippen molar-refractivity contribution < 1.29 is 14.3 Å². The lowest BCUT2D eigenvalue weighted by atomic mass is 10.2. The van der Waals surface area contributed by atoms with E-state index in [-0.39, 0.29) is 17.2 Å². The van der Waals surface area contributed by atoms with Gasteiger partial charge in [-0.15, -0.1) is 0 Å². The Labute approximate surface area is 91.7 Å². The molecule has 14 heavy (non-hydrogen) atoms. The maximum Gasteiger partial charge on any atom is 0.410 e. The first kappa shape index (κ1) is 11.5. The number of ether oxygens (including phenoxy) is 1. The van der Waals surface area contributed by atoms with Gasteiger partial charge in [-0.25, -0.2) is 4.79 Å². The number of nitrogens with zero attached hydrogens (tertiary/aromatic N) is 1. The van der Waals surface area contributed by atoms with Gasteiger partial charge in [0.1, 0.15) is 5.60 Å². The van der Waals surface area contributed by atoms with Crippen LogP contribution >= 0.6 is 15.9 Å². The van der Waals surface area contributed by atoms with Gasteiger partial charge in [0.15, 0.2) is 5.78 Å². The van der Waals surface area contributed by atoms with E-state index >= 15 is 0 Å². The predicted octanol–water partition coefficient (Wildman–Crippen LogP) is 1.57. The molecule has 1 aliphatic rings. The van der Waals surface area contributed by atoms with E-state index in [9.17, 15) is 9.59 Å². The number of carbonyl (C=O) groups is 2. The van der Waals surface area contributed by atoms with Gasteiger partial charge in [0, 0.05) is 6.54 Å². The van der Waals surface area contributed by atoms with Crippen LogP contribution in [0.15, 0.2) is 0 Å². The SMILES string of the molecule is CC(C)(C)OC(=O)N1CC(=O)C(Br)C1. The molecule has 0 N–H and O–H groups in total. The van der Waals surface area contributed by atoms with Crippen LogP contribution < -0.4 is 0 Å². The van der Waals surface area contributed by atoms with E-state index in [2.05, 4.69) is 15.9 Å². The summed E-state index contributed by atoms with van der Waals surface area (Å²) < 4.78 is 5.13. The zero-order valence-electron chi connectivity index (χ0n) is 8.54. The Morgan fingerprint density at radius 1 is 1.57 bits per heavy atom. The number of ketones is 1. The molecule has 1 aliphatic heterocycles. The number of alkyl halides is 1. The number of hydrogen-bond acceptors (Lipinski definition) is 3. The molecule has 4 nitrogen and oxygen atoms in total. The van der Waals surface area contributed by atoms with Gasteiger partial charge in [-0.05, 0) is 20.8 Å². The number of hydrogen-bond donors (Lipinski definition) is 0. The molecule has 1 heterocycles. The first-order valence-electron chi connectivity index (χ1n) is 4.44. The van der Waals surface area contributed by atoms with Crippen molar-refractivity contribution in [2.24, 2.45) is 0 Å². The molecule has 0 aromatic heterocycles. The standard InChI is InChI=1S/C9H14BrNO3/c1-9(2,3)14-8(13)11-4-6(10)7(12)5-11/h6H,4-5H2,1-3H3. The normalized spacial score (nSPS) is 22.7. The third kappa shape index (κ3) is 2.97. The number of Topliss-reactive ketones (excluding diaryl/α,β-unsaturated/α-hetero) is 1. The van der Waals surface area contributed by atoms with Crippen LogP contribution in [0.2, 0.25) is 0 Å². The van der Waals surface area contributed by atoms with Crippen LogP contribution in [0.5, 0.6) is 0 Å². The molecule has 1 rings (SSSR count). The summed E-state index contributed by atoms with van der Waals surface area (Å²) in [5.41, 5.74) is -0.509. The van der Waals surface area contributed by atoms with Gasteiger partial charge in [-0.3, -0.25) is 9.69 Å². The highest BCUT2D eigenvalue weighted by Gasteiger charge is 2.34. The lowest BCUT2D eigenvalue weighted by Crippen LogP contribution is -2.35. The van der Waals surface area contributed by atoms with Gasteiger partial charge in [0.2, 0.25) is 0 Å². The van der Waals surface area contributed by atoms with E-state index in [0.29, 0.717) is 6.54 Å². The molecule has 0 aromatic rings. The average Bonchev–Trinajstić information content (AvgIpc) is 2.28. The molecule has 80 valence electrons. The van der Waals surface area contributed by atoms with E-state index in [4.69, 9.17) is 4.74 Å². The maximum absolute atomic E-state index is 11.5. The van der Waals surface area contributed by atoms with E-state index in [1.54, 1.807) is 20.8 Å². The minimum absolute atomic E-state index is 0.0239. The number of halogens is 1. The Morgan fingerprint density at radius 3 is 2.50 bits per heavy atom. The van der Waals surface area contributed by atoms with Crippen LogP contribution in [0.1, 0.15) is 20.8 Å². The zero-order chi connectivity index (χ0) is 10.9. The van der Waals surface area contributed by atoms with Gasteiger partial charge in [-0.2, -0.15) is 0 Å². The van der Waals surface area contributed by atoms with Crippen LogP contribution in [0, 0.1) is 0 Å². The molecule has 5 heteroatoms. The van der Waals surface area contributed by atoms with Crippen molar-refractivity contribution in [3.63, 3.8) is 0 Å². The van der Waals surface area contributed by atoms with Gasteiger partial charge in [0.05, 0.1) is 11.4 Å². The summed E-state index contributed by atoms with van der Waals surface area (Å²) in [5.74, 6) is 0.0239. The Hall–Kier alpha value is -0.580. The third-order valence-electron chi connectivity index (χ3n) is 1.73. The molecule has 1 amide bonds. The monoisotopic (exact) mass is 263 g/mol. The lowest BCUT2D eigenvalue weighted by Gasteiger charge is -2.23. The number of likely N-dealkylation sites (tertiary alicyclic amines) is 1. The molecule has 0 saturated carbocycles. The minimum atomic E-state index is -0.509. The summed E-state index contributed by atoms with van der Waals surface area (Å²) in [6.07, 6.45) is -0.423. The summed E-state index contributed by atoms with van der Waals surface area (Å²) in [6, 6.07) is 0. The van der Waals surface area contributed by atoms with Crippen molar-refractivity contribution in [2.75, 3.05) is 13.1 Å². The van der Waals surface area contributed by atoms with Crippen molar-refractivity contribution in [3.8, 4) is 0 Å². The van der Waals surface area contributed by atoms with Crippen LogP contribution in [-0.4, -0.2) is 40.3 Å². The highest BCUT2D eigenvalue weighted by atomic mass is 79.9. The molecule has 1 unspecified atom stereocenters. The molecule has 0 bridgehead atoms. The fourth-order valence-electron chi connectivity index (χ4n) is 1.11. The van der Waals surface area contributed by atoms with Crippen molar-refractivity contribution in [1.82, 2.24) is 4.90 Å². The van der Waals surface area contributed by atoms with Crippen LogP contribution in [0.4, 0.5) is 4.79 Å². The topological polar surface area (TPSA) is 46.6 Å². The van der Waals surface area contributed by atoms with Crippen molar-refractivity contribution in [3.05, 3.63) is 0 Å². The maximum atomic E-state index is 11.5. The van der Waals surface area contributed by atoms with Gasteiger partial charge in [-0.1, -0.05) is 15.9 Å². The van der Waals surface area contributed by atoms with Crippen LogP contribution in [0.25, 0.3) is 0 Å². The Kier molecular flexibility index (Phi) is 3.19. The fourth-order valence-corrected chi connectivity index (χ4v) is 1.61. The smallest absolute Gasteiger partial charge is 0.410 e. The molecule has 1 atom stereocenters. The molecule has 0 radical (unpaired) electrons. The van der Waals surface area contributed by atoms with Gasteiger partial charge < -0.3 is 4.74 Å². The number of rotatable bonds is 0. The quantitative estimate of drug-likeness (QED) is 0.624. The summed E-state index contributed by atoms with van der Waals surface area (Å²) in [4.78, 5) is 23.8.